The molecule has 0 spiro atoms. The molecule has 2 aromatic carbocycles. The summed E-state index contributed by atoms with van der Waals surface area (Å²) < 4.78 is 5.40. The van der Waals surface area contributed by atoms with Crippen molar-refractivity contribution in [2.75, 3.05) is 41.9 Å². The lowest BCUT2D eigenvalue weighted by Crippen LogP contribution is -2.37. The van der Waals surface area contributed by atoms with Crippen LogP contribution in [0, 0.1) is 10.1 Å². The first-order valence-corrected chi connectivity index (χ1v) is 9.62. The molecule has 0 aliphatic carbocycles. The van der Waals surface area contributed by atoms with Gasteiger partial charge in [-0.15, -0.1) is 0 Å². The van der Waals surface area contributed by atoms with Crippen molar-refractivity contribution in [1.82, 2.24) is 15.0 Å². The number of nitro benzene ring substituents is 1. The van der Waals surface area contributed by atoms with Gasteiger partial charge in [-0.3, -0.25) is 10.1 Å². The molecule has 4 rings (SSSR count). The topological polar surface area (TPSA) is 131 Å². The number of benzene rings is 2. The number of ether oxygens (including phenoxy) is 1. The van der Waals surface area contributed by atoms with Crippen LogP contribution in [0.25, 0.3) is 0 Å². The number of non-ortho nitro benzene ring substituents is 1. The van der Waals surface area contributed by atoms with Gasteiger partial charge in [0.05, 0.1) is 24.4 Å². The summed E-state index contributed by atoms with van der Waals surface area (Å²) in [7, 11) is 0. The molecule has 0 saturated carbocycles. The fourth-order valence-corrected chi connectivity index (χ4v) is 2.91. The van der Waals surface area contributed by atoms with Gasteiger partial charge in [0.15, 0.2) is 0 Å². The van der Waals surface area contributed by atoms with Crippen LogP contribution in [0.3, 0.4) is 0 Å². The minimum absolute atomic E-state index is 0.00642. The number of para-hydroxylation sites is 1. The smallest absolute Gasteiger partial charge is 0.270 e. The van der Waals surface area contributed by atoms with E-state index >= 15 is 0 Å². The lowest BCUT2D eigenvalue weighted by Gasteiger charge is -2.27. The van der Waals surface area contributed by atoms with E-state index in [2.05, 4.69) is 30.8 Å². The highest BCUT2D eigenvalue weighted by atomic mass is 16.6. The number of hydrogen-bond donors (Lipinski definition) is 2. The average Bonchev–Trinajstić information content (AvgIpc) is 2.80. The van der Waals surface area contributed by atoms with Crippen LogP contribution in [0.2, 0.25) is 0 Å². The first-order valence-electron chi connectivity index (χ1n) is 9.62. The van der Waals surface area contributed by atoms with E-state index in [9.17, 15) is 10.1 Å². The SMILES string of the molecule is O=[N+]([O-])c1cccc(/C=N/Nc2nc(Nc3ccccc3)nc(N3CCOCC3)n2)c1. The molecule has 11 heteroatoms. The third-order valence-corrected chi connectivity index (χ3v) is 4.41. The summed E-state index contributed by atoms with van der Waals surface area (Å²) in [6.07, 6.45) is 1.47. The maximum Gasteiger partial charge on any atom is 0.270 e. The van der Waals surface area contributed by atoms with Crippen LogP contribution in [0.5, 0.6) is 0 Å². The van der Waals surface area contributed by atoms with E-state index in [4.69, 9.17) is 4.74 Å². The summed E-state index contributed by atoms with van der Waals surface area (Å²) >= 11 is 0. The Morgan fingerprint density at radius 1 is 1.03 bits per heavy atom. The van der Waals surface area contributed by atoms with Crippen molar-refractivity contribution in [3.63, 3.8) is 0 Å². The summed E-state index contributed by atoms with van der Waals surface area (Å²) in [5, 5.41) is 18.2. The number of nitro groups is 1. The molecule has 1 aliphatic heterocycles. The summed E-state index contributed by atoms with van der Waals surface area (Å²) in [6.45, 7) is 2.54. The molecule has 0 amide bonds. The molecule has 3 aromatic rings. The lowest BCUT2D eigenvalue weighted by atomic mass is 10.2. The molecule has 0 radical (unpaired) electrons. The fourth-order valence-electron chi connectivity index (χ4n) is 2.91. The number of morpholine rings is 1. The lowest BCUT2D eigenvalue weighted by molar-refractivity contribution is -0.384. The largest absolute Gasteiger partial charge is 0.378 e. The number of nitrogens with zero attached hydrogens (tertiary/aromatic N) is 6. The average molecular weight is 420 g/mol. The van der Waals surface area contributed by atoms with Crippen LogP contribution in [-0.4, -0.2) is 52.4 Å². The van der Waals surface area contributed by atoms with Crippen molar-refractivity contribution in [3.8, 4) is 0 Å². The highest BCUT2D eigenvalue weighted by Gasteiger charge is 2.16. The molecule has 11 nitrogen and oxygen atoms in total. The van der Waals surface area contributed by atoms with Crippen LogP contribution in [-0.2, 0) is 4.74 Å². The monoisotopic (exact) mass is 420 g/mol. The quantitative estimate of drug-likeness (QED) is 0.336. The third kappa shape index (κ3) is 5.48. The number of anilines is 4. The number of rotatable bonds is 7. The van der Waals surface area contributed by atoms with Crippen molar-refractivity contribution >= 4 is 35.4 Å². The maximum absolute atomic E-state index is 10.9. The first-order chi connectivity index (χ1) is 15.2. The zero-order valence-electron chi connectivity index (χ0n) is 16.5. The Morgan fingerprint density at radius 3 is 2.58 bits per heavy atom. The Hall–Kier alpha value is -4.12. The second kappa shape index (κ2) is 9.59. The van der Waals surface area contributed by atoms with Crippen LogP contribution in [0.4, 0.5) is 29.2 Å². The number of aromatic nitrogens is 3. The molecule has 1 aliphatic rings. The molecule has 2 heterocycles. The molecule has 0 atom stereocenters. The Bertz CT molecular complexity index is 1070. The molecule has 1 saturated heterocycles. The predicted molar refractivity (Wildman–Crippen MR) is 117 cm³/mol. The van der Waals surface area contributed by atoms with Gasteiger partial charge in [0.25, 0.3) is 5.69 Å². The summed E-state index contributed by atoms with van der Waals surface area (Å²) in [5.74, 6) is 1.12. The van der Waals surface area contributed by atoms with E-state index in [0.717, 1.165) is 5.69 Å². The van der Waals surface area contributed by atoms with Gasteiger partial charge >= 0.3 is 0 Å². The standard InChI is InChI=1S/C20H20N8O3/c29-28(30)17-8-4-5-15(13-17)14-21-26-19-23-18(22-16-6-2-1-3-7-16)24-20(25-19)27-9-11-31-12-10-27/h1-8,13-14H,9-12H2,(H2,22,23,24,25,26)/b21-14+. The van der Waals surface area contributed by atoms with Gasteiger partial charge < -0.3 is 15.0 Å². The molecule has 1 fully saturated rings. The summed E-state index contributed by atoms with van der Waals surface area (Å²) in [6, 6.07) is 15.7. The van der Waals surface area contributed by atoms with E-state index in [1.165, 1.54) is 18.3 Å². The highest BCUT2D eigenvalue weighted by molar-refractivity contribution is 5.81. The highest BCUT2D eigenvalue weighted by Crippen LogP contribution is 2.18. The van der Waals surface area contributed by atoms with Gasteiger partial charge in [0, 0.05) is 36.5 Å². The second-order valence-electron chi connectivity index (χ2n) is 6.60. The van der Waals surface area contributed by atoms with Crippen molar-refractivity contribution < 1.29 is 9.66 Å². The maximum atomic E-state index is 10.9. The zero-order valence-corrected chi connectivity index (χ0v) is 16.5. The minimum atomic E-state index is -0.452. The van der Waals surface area contributed by atoms with Crippen LogP contribution in [0.15, 0.2) is 59.7 Å². The third-order valence-electron chi connectivity index (χ3n) is 4.41. The Kier molecular flexibility index (Phi) is 6.24. The number of nitrogens with one attached hydrogen (secondary N) is 2. The van der Waals surface area contributed by atoms with E-state index in [1.807, 2.05) is 35.2 Å². The summed E-state index contributed by atoms with van der Waals surface area (Å²) in [5.41, 5.74) is 4.20. The van der Waals surface area contributed by atoms with Crippen molar-refractivity contribution in [3.05, 3.63) is 70.3 Å². The minimum Gasteiger partial charge on any atom is -0.378 e. The van der Waals surface area contributed by atoms with E-state index in [1.54, 1.807) is 12.1 Å². The molecule has 0 unspecified atom stereocenters. The molecule has 1 aromatic heterocycles. The molecular weight excluding hydrogens is 400 g/mol. The number of hydrogen-bond acceptors (Lipinski definition) is 10. The van der Waals surface area contributed by atoms with Gasteiger partial charge in [0.2, 0.25) is 17.8 Å². The van der Waals surface area contributed by atoms with Gasteiger partial charge in [-0.05, 0) is 12.1 Å². The van der Waals surface area contributed by atoms with Crippen molar-refractivity contribution in [2.24, 2.45) is 5.10 Å². The van der Waals surface area contributed by atoms with E-state index in [0.29, 0.717) is 43.8 Å². The zero-order chi connectivity index (χ0) is 21.5. The Balaban J connectivity index is 1.55. The fraction of sp³-hybridized carbons (Fsp3) is 0.200. The second-order valence-corrected chi connectivity index (χ2v) is 6.60. The molecule has 31 heavy (non-hydrogen) atoms. The molecule has 2 N–H and O–H groups in total. The van der Waals surface area contributed by atoms with Gasteiger partial charge in [-0.1, -0.05) is 30.3 Å². The Morgan fingerprint density at radius 2 is 1.81 bits per heavy atom. The van der Waals surface area contributed by atoms with Crippen LogP contribution < -0.4 is 15.6 Å². The Labute approximate surface area is 178 Å². The van der Waals surface area contributed by atoms with Crippen molar-refractivity contribution in [1.29, 1.82) is 0 Å². The molecule has 158 valence electrons. The van der Waals surface area contributed by atoms with Crippen LogP contribution >= 0.6 is 0 Å². The molecule has 0 bridgehead atoms. The normalized spacial score (nSPS) is 13.9. The van der Waals surface area contributed by atoms with Gasteiger partial charge in [-0.2, -0.15) is 20.1 Å². The van der Waals surface area contributed by atoms with E-state index < -0.39 is 4.92 Å². The van der Waals surface area contributed by atoms with Gasteiger partial charge in [-0.25, -0.2) is 5.43 Å². The summed E-state index contributed by atoms with van der Waals surface area (Å²) in [4.78, 5) is 25.8. The first kappa shape index (κ1) is 20.2. The van der Waals surface area contributed by atoms with E-state index in [-0.39, 0.29) is 11.6 Å². The van der Waals surface area contributed by atoms with Gasteiger partial charge in [0.1, 0.15) is 0 Å². The van der Waals surface area contributed by atoms with Crippen molar-refractivity contribution in [2.45, 2.75) is 0 Å². The number of hydrazone groups is 1. The predicted octanol–water partition coefficient (Wildman–Crippen LogP) is 2.81. The van der Waals surface area contributed by atoms with Crippen LogP contribution in [0.1, 0.15) is 5.56 Å². The molecular formula is C20H20N8O3.